The number of nitrogens with two attached hydrogens (primary N) is 1. The summed E-state index contributed by atoms with van der Waals surface area (Å²) < 4.78 is 64.2. The van der Waals surface area contributed by atoms with Crippen molar-refractivity contribution in [3.63, 3.8) is 0 Å². The van der Waals surface area contributed by atoms with Crippen LogP contribution in [0.4, 0.5) is 14.6 Å². The normalized spacial score (nSPS) is 12.5. The van der Waals surface area contributed by atoms with Crippen molar-refractivity contribution in [1.29, 1.82) is 0 Å². The molecule has 0 amide bonds. The van der Waals surface area contributed by atoms with Crippen LogP contribution in [-0.2, 0) is 30.0 Å². The van der Waals surface area contributed by atoms with Gasteiger partial charge in [-0.2, -0.15) is 5.10 Å². The number of nitrogens with zero attached hydrogens (tertiary/aromatic N) is 6. The molecule has 0 saturated heterocycles. The average Bonchev–Trinajstić information content (AvgIpc) is 3.37. The number of benzene rings is 3. The quantitative estimate of drug-likeness (QED) is 0.202. The lowest BCUT2D eigenvalue weighted by Gasteiger charge is -2.21. The van der Waals surface area contributed by atoms with Crippen molar-refractivity contribution in [2.45, 2.75) is 19.0 Å². The van der Waals surface area contributed by atoms with Crippen molar-refractivity contribution in [2.75, 3.05) is 17.7 Å². The summed E-state index contributed by atoms with van der Waals surface area (Å²) in [5, 5.41) is 5.16. The van der Waals surface area contributed by atoms with Gasteiger partial charge in [-0.05, 0) is 75.9 Å². The van der Waals surface area contributed by atoms with Crippen molar-refractivity contribution in [3.8, 4) is 11.4 Å². The first kappa shape index (κ1) is 33.5. The first-order valence-corrected chi connectivity index (χ1v) is 17.3. The number of halogens is 4. The predicted octanol–water partition coefficient (Wildman–Crippen LogP) is 5.58. The molecule has 1 atom stereocenters. The summed E-state index contributed by atoms with van der Waals surface area (Å²) >= 11 is 10.1. The molecule has 6 rings (SSSR count). The number of methoxy groups -OCH3 is 1. The molecule has 48 heavy (non-hydrogen) atoms. The minimum absolute atomic E-state index is 0.0324. The van der Waals surface area contributed by atoms with Gasteiger partial charge >= 0.3 is 0 Å². The highest BCUT2D eigenvalue weighted by molar-refractivity contribution is 9.10. The maximum absolute atomic E-state index is 14.3. The van der Waals surface area contributed by atoms with E-state index in [-0.39, 0.29) is 57.3 Å². The van der Waals surface area contributed by atoms with Gasteiger partial charge in [0.15, 0.2) is 11.5 Å². The fraction of sp³-hybridized carbons (Fsp3) is 0.188. The Morgan fingerprint density at radius 2 is 1.75 bits per heavy atom. The second-order valence-electron chi connectivity index (χ2n) is 11.1. The Morgan fingerprint density at radius 1 is 1.06 bits per heavy atom. The molecule has 0 spiro atoms. The molecule has 0 aliphatic carbocycles. The van der Waals surface area contributed by atoms with E-state index in [1.807, 2.05) is 0 Å². The highest BCUT2D eigenvalue weighted by Gasteiger charge is 2.29. The zero-order valence-electron chi connectivity index (χ0n) is 25.7. The largest absolute Gasteiger partial charge is 0.497 e. The minimum atomic E-state index is -3.92. The second-order valence-corrected chi connectivity index (χ2v) is 14.3. The van der Waals surface area contributed by atoms with E-state index in [1.165, 1.54) is 28.6 Å². The summed E-state index contributed by atoms with van der Waals surface area (Å²) in [5.74, 6) is -0.880. The molecule has 3 heterocycles. The van der Waals surface area contributed by atoms with Gasteiger partial charge in [0, 0.05) is 23.8 Å². The zero-order valence-corrected chi connectivity index (χ0v) is 28.8. The van der Waals surface area contributed by atoms with Crippen molar-refractivity contribution >= 4 is 65.3 Å². The molecular weight excluding hydrogens is 732 g/mol. The Labute approximate surface area is 286 Å². The van der Waals surface area contributed by atoms with Gasteiger partial charge in [0.25, 0.3) is 5.56 Å². The van der Waals surface area contributed by atoms with E-state index in [0.717, 1.165) is 28.8 Å². The summed E-state index contributed by atoms with van der Waals surface area (Å²) in [6.07, 6.45) is 2.46. The molecule has 3 aromatic carbocycles. The van der Waals surface area contributed by atoms with Crippen LogP contribution in [0.3, 0.4) is 0 Å². The molecular formula is C32H27BrClF2N7O4S. The van der Waals surface area contributed by atoms with Crippen molar-refractivity contribution < 1.29 is 21.9 Å². The molecule has 0 unspecified atom stereocenters. The molecule has 3 aromatic heterocycles. The highest BCUT2D eigenvalue weighted by Crippen LogP contribution is 2.38. The fourth-order valence-electron chi connectivity index (χ4n) is 5.56. The van der Waals surface area contributed by atoms with E-state index < -0.39 is 33.3 Å². The SMILES string of the molecule is COc1ccc(CN(c2nn(C)c3c(-n4c([C@@H](N)Cc5cc(F)cc(F)c5)nc5ncc(Br)cc5c4=O)ccc(Cl)c23)S(C)(=O)=O)cc1. The number of sulfonamides is 1. The van der Waals surface area contributed by atoms with Crippen LogP contribution in [0, 0.1) is 11.6 Å². The second kappa shape index (κ2) is 12.9. The van der Waals surface area contributed by atoms with Crippen molar-refractivity contribution in [1.82, 2.24) is 24.3 Å². The molecule has 0 saturated carbocycles. The van der Waals surface area contributed by atoms with E-state index >= 15 is 0 Å². The van der Waals surface area contributed by atoms with Crippen LogP contribution in [0.25, 0.3) is 27.6 Å². The van der Waals surface area contributed by atoms with Gasteiger partial charge in [-0.3, -0.25) is 14.0 Å². The number of anilines is 1. The maximum atomic E-state index is 14.3. The molecule has 0 bridgehead atoms. The number of hydrogen-bond acceptors (Lipinski definition) is 8. The first-order valence-electron chi connectivity index (χ1n) is 14.3. The predicted molar refractivity (Wildman–Crippen MR) is 183 cm³/mol. The van der Waals surface area contributed by atoms with Gasteiger partial charge < -0.3 is 10.5 Å². The van der Waals surface area contributed by atoms with Crippen molar-refractivity contribution in [3.05, 3.63) is 115 Å². The van der Waals surface area contributed by atoms with Crippen LogP contribution in [0.5, 0.6) is 5.75 Å². The summed E-state index contributed by atoms with van der Waals surface area (Å²) in [5.41, 5.74) is 7.64. The zero-order chi connectivity index (χ0) is 34.5. The third-order valence-electron chi connectivity index (χ3n) is 7.69. The van der Waals surface area contributed by atoms with E-state index in [1.54, 1.807) is 43.4 Å². The Balaban J connectivity index is 1.59. The summed E-state index contributed by atoms with van der Waals surface area (Å²) in [4.78, 5) is 23.2. The number of rotatable bonds is 9. The smallest absolute Gasteiger partial charge is 0.267 e. The minimum Gasteiger partial charge on any atom is -0.497 e. The van der Waals surface area contributed by atoms with E-state index in [2.05, 4.69) is 31.0 Å². The van der Waals surface area contributed by atoms with Gasteiger partial charge in [-0.25, -0.2) is 31.5 Å². The fourth-order valence-corrected chi connectivity index (χ4v) is 6.95. The number of ether oxygens (including phenoxy) is 1. The molecule has 0 aliphatic heterocycles. The molecule has 0 fully saturated rings. The molecule has 6 aromatic rings. The molecule has 0 aliphatic rings. The van der Waals surface area contributed by atoms with Crippen molar-refractivity contribution in [2.24, 2.45) is 12.8 Å². The van der Waals surface area contributed by atoms with E-state index in [9.17, 15) is 22.0 Å². The molecule has 0 radical (unpaired) electrons. The van der Waals surface area contributed by atoms with E-state index in [4.69, 9.17) is 22.1 Å². The van der Waals surface area contributed by atoms with Gasteiger partial charge in [0.05, 0.1) is 53.0 Å². The highest BCUT2D eigenvalue weighted by atomic mass is 79.9. The lowest BCUT2D eigenvalue weighted by Crippen LogP contribution is -2.30. The van der Waals surface area contributed by atoms with Gasteiger partial charge in [0.2, 0.25) is 10.0 Å². The number of fused-ring (bicyclic) bond motifs is 2. The molecule has 2 N–H and O–H groups in total. The van der Waals surface area contributed by atoms with Crippen LogP contribution in [0.2, 0.25) is 5.02 Å². The monoisotopic (exact) mass is 757 g/mol. The van der Waals surface area contributed by atoms with Crippen LogP contribution >= 0.6 is 27.5 Å². The molecule has 248 valence electrons. The third-order valence-corrected chi connectivity index (χ3v) is 9.54. The Hall–Kier alpha value is -4.44. The topological polar surface area (TPSA) is 138 Å². The number of hydrogen-bond donors (Lipinski definition) is 1. The Morgan fingerprint density at radius 3 is 2.40 bits per heavy atom. The number of aryl methyl sites for hydroxylation is 1. The first-order chi connectivity index (χ1) is 22.7. The van der Waals surface area contributed by atoms with Gasteiger partial charge in [-0.15, -0.1) is 0 Å². The van der Waals surface area contributed by atoms with Crippen LogP contribution in [0.15, 0.2) is 76.1 Å². The lowest BCUT2D eigenvalue weighted by molar-refractivity contribution is 0.414. The van der Waals surface area contributed by atoms with E-state index in [0.29, 0.717) is 21.3 Å². The maximum Gasteiger partial charge on any atom is 0.267 e. The summed E-state index contributed by atoms with van der Waals surface area (Å²) in [7, 11) is -0.797. The number of pyridine rings is 1. The average molecular weight is 759 g/mol. The van der Waals surface area contributed by atoms with Crippen LogP contribution < -0.4 is 20.3 Å². The van der Waals surface area contributed by atoms with Gasteiger partial charge in [-0.1, -0.05) is 23.7 Å². The lowest BCUT2D eigenvalue weighted by atomic mass is 10.0. The molecule has 16 heteroatoms. The Bertz CT molecular complexity index is 2370. The van der Waals surface area contributed by atoms with Gasteiger partial charge in [0.1, 0.15) is 23.2 Å². The summed E-state index contributed by atoms with van der Waals surface area (Å²) in [6.45, 7) is -0.0764. The Kier molecular flexibility index (Phi) is 8.98. The summed E-state index contributed by atoms with van der Waals surface area (Å²) in [6, 6.07) is 13.6. The van der Waals surface area contributed by atoms with Crippen LogP contribution in [-0.4, -0.2) is 46.1 Å². The number of aromatic nitrogens is 5. The third kappa shape index (κ3) is 6.38. The van der Waals surface area contributed by atoms with Crippen LogP contribution in [0.1, 0.15) is 23.0 Å². The molecule has 11 nitrogen and oxygen atoms in total. The standard InChI is InChI=1S/C32H27BrClF2N7O4S/c1-41-28-26(9-8-24(34)27(28)31(40-41)42(48(3,45)46)16-17-4-6-22(47-2)7-5-17)43-30(25(37)12-18-10-20(35)14-21(36)11-18)39-29-23(32(43)44)13-19(33)15-38-29/h4-11,13-15,25H,12,16,37H2,1-3H3/t25-/m0/s1.